The molecule has 0 fully saturated rings. The van der Waals surface area contributed by atoms with Crippen LogP contribution in [0.25, 0.3) is 0 Å². The molecule has 0 N–H and O–H groups in total. The molecule has 0 aromatic rings. The van der Waals surface area contributed by atoms with Gasteiger partial charge in [0.15, 0.2) is 0 Å². The lowest BCUT2D eigenvalue weighted by atomic mass is 9.76. The molecule has 0 radical (unpaired) electrons. The van der Waals surface area contributed by atoms with Crippen molar-refractivity contribution in [2.45, 2.75) is 45.4 Å². The lowest BCUT2D eigenvalue weighted by Gasteiger charge is -2.28. The summed E-state index contributed by atoms with van der Waals surface area (Å²) in [7, 11) is 4.61. The molecule has 1 aliphatic rings. The highest BCUT2D eigenvalue weighted by Crippen LogP contribution is 2.39. The van der Waals surface area contributed by atoms with Crippen LogP contribution in [0.2, 0.25) is 0 Å². The third-order valence-corrected chi connectivity index (χ3v) is 4.70. The fourth-order valence-corrected chi connectivity index (χ4v) is 3.33. The number of hydrogen-bond donors (Lipinski definition) is 0. The number of carbonyl (C=O) groups excluding carboxylic acids is 4. The van der Waals surface area contributed by atoms with Gasteiger partial charge in [0.2, 0.25) is 0 Å². The van der Waals surface area contributed by atoms with Gasteiger partial charge in [0, 0.05) is 0 Å². The van der Waals surface area contributed by atoms with Crippen LogP contribution in [-0.2, 0) is 38.1 Å². The molecule has 0 saturated carbocycles. The molecule has 8 nitrogen and oxygen atoms in total. The predicted molar refractivity (Wildman–Crippen MR) is 99.0 cm³/mol. The van der Waals surface area contributed by atoms with Crippen LogP contribution >= 0.6 is 0 Å². The first kappa shape index (κ1) is 23.4. The second-order valence-corrected chi connectivity index (χ2v) is 6.36. The Hall–Kier alpha value is -2.64. The average Bonchev–Trinajstić information content (AvgIpc) is 2.73. The monoisotopic (exact) mass is 396 g/mol. The molecule has 0 saturated heterocycles. The minimum Gasteiger partial charge on any atom is -0.466 e. The van der Waals surface area contributed by atoms with Crippen molar-refractivity contribution in [2.75, 3.05) is 28.4 Å². The van der Waals surface area contributed by atoms with Gasteiger partial charge in [-0.3, -0.25) is 0 Å². The lowest BCUT2D eigenvalue weighted by Crippen LogP contribution is -2.32. The first-order chi connectivity index (χ1) is 13.4. The Morgan fingerprint density at radius 2 is 1.29 bits per heavy atom. The number of esters is 4. The van der Waals surface area contributed by atoms with Crippen molar-refractivity contribution < 1.29 is 38.1 Å². The highest BCUT2D eigenvalue weighted by Gasteiger charge is 2.42. The van der Waals surface area contributed by atoms with Gasteiger partial charge in [0.05, 0.1) is 50.7 Å². The third kappa shape index (κ3) is 5.21. The quantitative estimate of drug-likeness (QED) is 0.332. The molecular weight excluding hydrogens is 368 g/mol. The Labute approximate surface area is 164 Å². The minimum absolute atomic E-state index is 0.0112. The normalized spacial score (nSPS) is 16.5. The van der Waals surface area contributed by atoms with Crippen LogP contribution in [0.5, 0.6) is 0 Å². The van der Waals surface area contributed by atoms with Gasteiger partial charge in [0.25, 0.3) is 0 Å². The van der Waals surface area contributed by atoms with Crippen LogP contribution in [0.1, 0.15) is 45.4 Å². The number of methoxy groups -OCH3 is 4. The van der Waals surface area contributed by atoms with Gasteiger partial charge in [-0.15, -0.1) is 0 Å². The number of rotatable bonds is 9. The van der Waals surface area contributed by atoms with Gasteiger partial charge in [-0.1, -0.05) is 32.6 Å². The van der Waals surface area contributed by atoms with Crippen molar-refractivity contribution >= 4 is 23.9 Å². The Morgan fingerprint density at radius 3 is 1.79 bits per heavy atom. The molecule has 0 aromatic heterocycles. The van der Waals surface area contributed by atoms with Crippen LogP contribution in [0.15, 0.2) is 22.3 Å². The Balaban J connectivity index is 3.63. The SMILES string of the molecule is CCCCCCC1CC(C(=O)OC)=C(C(=O)OC)C(C(=O)OC)=C1C(=O)OC. The Kier molecular flexibility index (Phi) is 9.41. The van der Waals surface area contributed by atoms with E-state index in [1.165, 1.54) is 14.2 Å². The number of unbranched alkanes of at least 4 members (excludes halogenated alkanes) is 3. The van der Waals surface area contributed by atoms with Crippen molar-refractivity contribution in [3.05, 3.63) is 22.3 Å². The lowest BCUT2D eigenvalue weighted by molar-refractivity contribution is -0.142. The van der Waals surface area contributed by atoms with Crippen LogP contribution in [0, 0.1) is 5.92 Å². The van der Waals surface area contributed by atoms with Crippen molar-refractivity contribution in [1.29, 1.82) is 0 Å². The van der Waals surface area contributed by atoms with E-state index >= 15 is 0 Å². The van der Waals surface area contributed by atoms with Gasteiger partial charge in [-0.05, 0) is 18.8 Å². The van der Waals surface area contributed by atoms with Crippen LogP contribution in [-0.4, -0.2) is 52.3 Å². The van der Waals surface area contributed by atoms with Crippen LogP contribution in [0.3, 0.4) is 0 Å². The summed E-state index contributed by atoms with van der Waals surface area (Å²) in [6, 6.07) is 0. The highest BCUT2D eigenvalue weighted by atomic mass is 16.5. The van der Waals surface area contributed by atoms with Crippen LogP contribution in [0.4, 0.5) is 0 Å². The zero-order valence-corrected chi connectivity index (χ0v) is 17.1. The van der Waals surface area contributed by atoms with Gasteiger partial charge in [-0.25, -0.2) is 19.2 Å². The molecule has 1 atom stereocenters. The van der Waals surface area contributed by atoms with Crippen molar-refractivity contribution in [1.82, 2.24) is 0 Å². The van der Waals surface area contributed by atoms with Crippen LogP contribution < -0.4 is 0 Å². The third-order valence-electron chi connectivity index (χ3n) is 4.70. The number of ether oxygens (including phenoxy) is 4. The maximum atomic E-state index is 12.5. The van der Waals surface area contributed by atoms with E-state index in [1.54, 1.807) is 0 Å². The molecule has 0 aromatic carbocycles. The standard InChI is InChI=1S/C20H28O8/c1-6-7-8-9-10-12-11-13(17(21)25-2)15(19(23)27-4)16(20(24)28-5)14(12)18(22)26-3/h12H,6-11H2,1-5H3. The molecule has 1 unspecified atom stereocenters. The van der Waals surface area contributed by atoms with Crippen molar-refractivity contribution in [3.63, 3.8) is 0 Å². The molecule has 156 valence electrons. The summed E-state index contributed by atoms with van der Waals surface area (Å²) >= 11 is 0. The van der Waals surface area contributed by atoms with E-state index in [1.807, 2.05) is 0 Å². The fourth-order valence-electron chi connectivity index (χ4n) is 3.33. The second kappa shape index (κ2) is 11.3. The zero-order chi connectivity index (χ0) is 21.3. The van der Waals surface area contributed by atoms with E-state index in [9.17, 15) is 19.2 Å². The van der Waals surface area contributed by atoms with E-state index in [0.717, 1.165) is 39.9 Å². The summed E-state index contributed by atoms with van der Waals surface area (Å²) in [5, 5.41) is 0. The first-order valence-corrected chi connectivity index (χ1v) is 9.18. The minimum atomic E-state index is -0.924. The molecule has 0 heterocycles. The molecule has 0 spiro atoms. The molecule has 0 bridgehead atoms. The van der Waals surface area contributed by atoms with E-state index in [2.05, 4.69) is 6.92 Å². The second-order valence-electron chi connectivity index (χ2n) is 6.36. The summed E-state index contributed by atoms with van der Waals surface area (Å²) in [5.41, 5.74) is -0.596. The number of hydrogen-bond acceptors (Lipinski definition) is 8. The average molecular weight is 396 g/mol. The summed E-state index contributed by atoms with van der Waals surface area (Å²) in [4.78, 5) is 49.8. The smallest absolute Gasteiger partial charge is 0.339 e. The van der Waals surface area contributed by atoms with Crippen molar-refractivity contribution in [3.8, 4) is 0 Å². The van der Waals surface area contributed by atoms with Crippen molar-refractivity contribution in [2.24, 2.45) is 5.92 Å². The summed E-state index contributed by atoms with van der Waals surface area (Å²) in [6.45, 7) is 2.08. The summed E-state index contributed by atoms with van der Waals surface area (Å²) < 4.78 is 19.2. The Bertz CT molecular complexity index is 686. The maximum Gasteiger partial charge on any atom is 0.339 e. The molecular formula is C20H28O8. The largest absolute Gasteiger partial charge is 0.466 e. The van der Waals surface area contributed by atoms with Gasteiger partial charge in [-0.2, -0.15) is 0 Å². The van der Waals surface area contributed by atoms with E-state index in [4.69, 9.17) is 18.9 Å². The maximum absolute atomic E-state index is 12.5. The molecule has 1 aliphatic carbocycles. The highest BCUT2D eigenvalue weighted by molar-refractivity contribution is 6.16. The predicted octanol–water partition coefficient (Wildman–Crippen LogP) is 2.26. The topological polar surface area (TPSA) is 105 Å². The molecule has 28 heavy (non-hydrogen) atoms. The Morgan fingerprint density at radius 1 is 0.750 bits per heavy atom. The molecule has 1 rings (SSSR count). The van der Waals surface area contributed by atoms with E-state index in [0.29, 0.717) is 6.42 Å². The van der Waals surface area contributed by atoms with Gasteiger partial charge >= 0.3 is 23.9 Å². The molecule has 0 aliphatic heterocycles. The number of carbonyl (C=O) groups is 4. The molecule has 0 amide bonds. The first-order valence-electron chi connectivity index (χ1n) is 9.18. The van der Waals surface area contributed by atoms with E-state index in [-0.39, 0.29) is 28.7 Å². The molecule has 8 heteroatoms. The fraction of sp³-hybridized carbons (Fsp3) is 0.600. The van der Waals surface area contributed by atoms with E-state index < -0.39 is 29.8 Å². The summed E-state index contributed by atoms with van der Waals surface area (Å²) in [5.74, 6) is -3.83. The summed E-state index contributed by atoms with van der Waals surface area (Å²) in [6.07, 6.45) is 4.40. The van der Waals surface area contributed by atoms with Gasteiger partial charge in [0.1, 0.15) is 0 Å². The van der Waals surface area contributed by atoms with Gasteiger partial charge < -0.3 is 18.9 Å². The zero-order valence-electron chi connectivity index (χ0n) is 17.1.